The molecule has 2 aromatic rings. The number of methoxy groups -OCH3 is 1. The Hall–Kier alpha value is -2.30. The minimum Gasteiger partial charge on any atom is -0.469 e. The van der Waals surface area contributed by atoms with Gasteiger partial charge in [-0.05, 0) is 25.8 Å². The molecule has 1 amide bonds. The molecule has 2 N–H and O–H groups in total. The van der Waals surface area contributed by atoms with Crippen molar-refractivity contribution in [2.75, 3.05) is 13.7 Å². The van der Waals surface area contributed by atoms with E-state index in [9.17, 15) is 9.59 Å². The summed E-state index contributed by atoms with van der Waals surface area (Å²) in [5.41, 5.74) is 2.57. The molecule has 0 saturated heterocycles. The molecule has 0 unspecified atom stereocenters. The first-order valence-electron chi connectivity index (χ1n) is 7.56. The van der Waals surface area contributed by atoms with E-state index in [1.807, 2.05) is 31.2 Å². The van der Waals surface area contributed by atoms with Crippen LogP contribution in [0.5, 0.6) is 0 Å². The highest BCUT2D eigenvalue weighted by atomic mass is 16.5. The predicted octanol–water partition coefficient (Wildman–Crippen LogP) is 2.94. The Balaban J connectivity index is 1.82. The van der Waals surface area contributed by atoms with Crippen molar-refractivity contribution in [2.24, 2.45) is 0 Å². The first-order chi connectivity index (χ1) is 10.6. The molecular weight excluding hydrogens is 280 g/mol. The number of para-hydroxylation sites is 1. The van der Waals surface area contributed by atoms with E-state index in [4.69, 9.17) is 0 Å². The number of carbonyl (C=O) groups excluding carboxylic acids is 2. The van der Waals surface area contributed by atoms with Gasteiger partial charge in [0, 0.05) is 29.6 Å². The number of fused-ring (bicyclic) bond motifs is 1. The number of carbonyl (C=O) groups is 2. The maximum atomic E-state index is 12.3. The van der Waals surface area contributed by atoms with E-state index in [0.29, 0.717) is 18.5 Å². The average molecular weight is 302 g/mol. The molecule has 1 aromatic heterocycles. The van der Waals surface area contributed by atoms with Crippen LogP contribution in [0.4, 0.5) is 0 Å². The van der Waals surface area contributed by atoms with Crippen LogP contribution < -0.4 is 5.32 Å². The Morgan fingerprint density at radius 2 is 1.95 bits per heavy atom. The van der Waals surface area contributed by atoms with E-state index in [2.05, 4.69) is 15.0 Å². The summed E-state index contributed by atoms with van der Waals surface area (Å²) >= 11 is 0. The molecule has 1 aromatic carbocycles. The molecule has 2 rings (SSSR count). The van der Waals surface area contributed by atoms with Crippen molar-refractivity contribution in [1.29, 1.82) is 0 Å². The average Bonchev–Trinajstić information content (AvgIpc) is 2.85. The molecule has 0 radical (unpaired) electrons. The summed E-state index contributed by atoms with van der Waals surface area (Å²) in [6.45, 7) is 2.52. The van der Waals surface area contributed by atoms with Gasteiger partial charge >= 0.3 is 5.97 Å². The van der Waals surface area contributed by atoms with Crippen LogP contribution in [-0.4, -0.2) is 30.5 Å². The maximum Gasteiger partial charge on any atom is 0.305 e. The number of ether oxygens (including phenoxy) is 1. The van der Waals surface area contributed by atoms with Crippen LogP contribution in [-0.2, 0) is 9.53 Å². The van der Waals surface area contributed by atoms with Gasteiger partial charge in [-0.3, -0.25) is 9.59 Å². The lowest BCUT2D eigenvalue weighted by atomic mass is 10.1. The number of benzene rings is 1. The fraction of sp³-hybridized carbons (Fsp3) is 0.412. The van der Waals surface area contributed by atoms with Gasteiger partial charge in [-0.15, -0.1) is 0 Å². The molecule has 0 aliphatic rings. The molecule has 0 bridgehead atoms. The summed E-state index contributed by atoms with van der Waals surface area (Å²) in [4.78, 5) is 26.5. The van der Waals surface area contributed by atoms with Crippen molar-refractivity contribution in [3.8, 4) is 0 Å². The lowest BCUT2D eigenvalue weighted by Crippen LogP contribution is -2.24. The molecule has 0 saturated carbocycles. The van der Waals surface area contributed by atoms with Crippen LogP contribution in [0.3, 0.4) is 0 Å². The smallest absolute Gasteiger partial charge is 0.305 e. The fourth-order valence-electron chi connectivity index (χ4n) is 2.53. The topological polar surface area (TPSA) is 71.2 Å². The normalized spacial score (nSPS) is 10.6. The second-order valence-corrected chi connectivity index (χ2v) is 5.31. The van der Waals surface area contributed by atoms with Crippen LogP contribution in [0.2, 0.25) is 0 Å². The number of nitrogens with one attached hydrogen (secondary N) is 2. The zero-order chi connectivity index (χ0) is 15.9. The third-order valence-electron chi connectivity index (χ3n) is 3.69. The number of unbranched alkanes of at least 4 members (excludes halogenated alkanes) is 2. The molecular formula is C17H22N2O3. The monoisotopic (exact) mass is 302 g/mol. The van der Waals surface area contributed by atoms with Crippen molar-refractivity contribution in [3.63, 3.8) is 0 Å². The molecule has 0 aliphatic heterocycles. The number of rotatable bonds is 7. The van der Waals surface area contributed by atoms with Crippen molar-refractivity contribution >= 4 is 22.8 Å². The van der Waals surface area contributed by atoms with E-state index < -0.39 is 0 Å². The Morgan fingerprint density at radius 3 is 2.73 bits per heavy atom. The number of amides is 1. The van der Waals surface area contributed by atoms with E-state index in [1.54, 1.807) is 0 Å². The fourth-order valence-corrected chi connectivity index (χ4v) is 2.53. The van der Waals surface area contributed by atoms with Gasteiger partial charge in [-0.25, -0.2) is 0 Å². The Bertz CT molecular complexity index is 661. The number of esters is 1. The van der Waals surface area contributed by atoms with Crippen LogP contribution in [0.25, 0.3) is 10.9 Å². The van der Waals surface area contributed by atoms with Gasteiger partial charge in [0.15, 0.2) is 0 Å². The number of hydrogen-bond donors (Lipinski definition) is 2. The lowest BCUT2D eigenvalue weighted by Gasteiger charge is -2.05. The second-order valence-electron chi connectivity index (χ2n) is 5.31. The minimum atomic E-state index is -0.182. The minimum absolute atomic E-state index is 0.0529. The highest BCUT2D eigenvalue weighted by molar-refractivity contribution is 6.08. The largest absolute Gasteiger partial charge is 0.469 e. The summed E-state index contributed by atoms with van der Waals surface area (Å²) in [5, 5.41) is 3.89. The van der Waals surface area contributed by atoms with Crippen molar-refractivity contribution < 1.29 is 14.3 Å². The molecule has 5 nitrogen and oxygen atoms in total. The third-order valence-corrected chi connectivity index (χ3v) is 3.69. The summed E-state index contributed by atoms with van der Waals surface area (Å²) < 4.78 is 4.59. The Kier molecular flexibility index (Phi) is 5.58. The van der Waals surface area contributed by atoms with E-state index in [-0.39, 0.29) is 11.9 Å². The molecule has 22 heavy (non-hydrogen) atoms. The SMILES string of the molecule is COC(=O)CCCCCNC(=O)c1c(C)[nH]c2ccccc12. The van der Waals surface area contributed by atoms with Gasteiger partial charge in [0.05, 0.1) is 12.7 Å². The number of aromatic amines is 1. The zero-order valence-corrected chi connectivity index (χ0v) is 13.1. The summed E-state index contributed by atoms with van der Waals surface area (Å²) in [5.74, 6) is -0.235. The molecule has 0 atom stereocenters. The van der Waals surface area contributed by atoms with Gasteiger partial charge in [0.25, 0.3) is 5.91 Å². The van der Waals surface area contributed by atoms with Gasteiger partial charge in [0.2, 0.25) is 0 Å². The molecule has 0 spiro atoms. The zero-order valence-electron chi connectivity index (χ0n) is 13.1. The molecule has 1 heterocycles. The van der Waals surface area contributed by atoms with Gasteiger partial charge in [0.1, 0.15) is 0 Å². The van der Waals surface area contributed by atoms with Crippen molar-refractivity contribution in [1.82, 2.24) is 10.3 Å². The lowest BCUT2D eigenvalue weighted by molar-refractivity contribution is -0.140. The Labute approximate surface area is 130 Å². The summed E-state index contributed by atoms with van der Waals surface area (Å²) in [6, 6.07) is 7.79. The summed E-state index contributed by atoms with van der Waals surface area (Å²) in [7, 11) is 1.39. The van der Waals surface area contributed by atoms with E-state index >= 15 is 0 Å². The standard InChI is InChI=1S/C17H22N2O3/c1-12-16(13-8-5-6-9-14(13)19-12)17(21)18-11-7-3-4-10-15(20)22-2/h5-6,8-9,19H,3-4,7,10-11H2,1-2H3,(H,18,21). The van der Waals surface area contributed by atoms with Gasteiger partial charge in [-0.2, -0.15) is 0 Å². The Morgan fingerprint density at radius 1 is 1.18 bits per heavy atom. The maximum absolute atomic E-state index is 12.3. The quantitative estimate of drug-likeness (QED) is 0.610. The first kappa shape index (κ1) is 16.1. The van der Waals surface area contributed by atoms with Crippen LogP contribution >= 0.6 is 0 Å². The van der Waals surface area contributed by atoms with Crippen LogP contribution in [0.15, 0.2) is 24.3 Å². The molecule has 0 fully saturated rings. The highest BCUT2D eigenvalue weighted by Gasteiger charge is 2.14. The van der Waals surface area contributed by atoms with E-state index in [1.165, 1.54) is 7.11 Å². The highest BCUT2D eigenvalue weighted by Crippen LogP contribution is 2.21. The summed E-state index contributed by atoms with van der Waals surface area (Å²) in [6.07, 6.45) is 2.97. The molecule has 0 aliphatic carbocycles. The number of aryl methyl sites for hydroxylation is 1. The third kappa shape index (κ3) is 3.87. The van der Waals surface area contributed by atoms with Gasteiger partial charge in [-0.1, -0.05) is 24.6 Å². The van der Waals surface area contributed by atoms with Crippen LogP contribution in [0.1, 0.15) is 41.7 Å². The molecule has 5 heteroatoms. The number of H-pyrrole nitrogens is 1. The van der Waals surface area contributed by atoms with Crippen LogP contribution in [0, 0.1) is 6.92 Å². The second kappa shape index (κ2) is 7.64. The molecule has 118 valence electrons. The predicted molar refractivity (Wildman–Crippen MR) is 85.9 cm³/mol. The van der Waals surface area contributed by atoms with Gasteiger partial charge < -0.3 is 15.0 Å². The van der Waals surface area contributed by atoms with Crippen molar-refractivity contribution in [2.45, 2.75) is 32.6 Å². The number of aromatic nitrogens is 1. The van der Waals surface area contributed by atoms with E-state index in [0.717, 1.165) is 35.9 Å². The van der Waals surface area contributed by atoms with Crippen molar-refractivity contribution in [3.05, 3.63) is 35.5 Å². The first-order valence-corrected chi connectivity index (χ1v) is 7.56. The number of hydrogen-bond acceptors (Lipinski definition) is 3.